The molecule has 7 atom stereocenters. The van der Waals surface area contributed by atoms with Crippen LogP contribution in [0.4, 0.5) is 0 Å². The van der Waals surface area contributed by atoms with Crippen LogP contribution in [-0.4, -0.2) is 11.2 Å². The van der Waals surface area contributed by atoms with E-state index in [4.69, 9.17) is 0 Å². The van der Waals surface area contributed by atoms with Crippen molar-refractivity contribution in [2.75, 3.05) is 0 Å². The van der Waals surface area contributed by atoms with Crippen molar-refractivity contribution in [3.8, 4) is 0 Å². The molecule has 3 saturated carbocycles. The predicted octanol–water partition coefficient (Wildman–Crippen LogP) is 7.68. The third kappa shape index (κ3) is 3.63. The molecule has 1 nitrogen and oxygen atoms in total. The molecule has 3 fully saturated rings. The second kappa shape index (κ2) is 8.44. The molecule has 160 valence electrons. The fourth-order valence-electron chi connectivity index (χ4n) is 8.46. The van der Waals surface area contributed by atoms with E-state index in [9.17, 15) is 5.11 Å². The van der Waals surface area contributed by atoms with E-state index in [2.05, 4.69) is 26.8 Å². The first kappa shape index (κ1) is 21.0. The summed E-state index contributed by atoms with van der Waals surface area (Å²) < 4.78 is 0. The molecule has 0 heterocycles. The van der Waals surface area contributed by atoms with E-state index >= 15 is 0 Å². The first-order chi connectivity index (χ1) is 13.5. The van der Waals surface area contributed by atoms with Crippen LogP contribution in [0.2, 0.25) is 0 Å². The molecule has 0 aliphatic heterocycles. The van der Waals surface area contributed by atoms with Gasteiger partial charge in [0, 0.05) is 0 Å². The summed E-state index contributed by atoms with van der Waals surface area (Å²) in [5.41, 5.74) is 2.66. The van der Waals surface area contributed by atoms with Crippen LogP contribution in [-0.2, 0) is 0 Å². The topological polar surface area (TPSA) is 20.2 Å². The molecule has 0 spiro atoms. The van der Waals surface area contributed by atoms with Gasteiger partial charge in [-0.15, -0.1) is 0 Å². The van der Waals surface area contributed by atoms with E-state index in [1.54, 1.807) is 5.57 Å². The summed E-state index contributed by atoms with van der Waals surface area (Å²) in [6, 6.07) is 0. The van der Waals surface area contributed by atoms with Gasteiger partial charge in [-0.05, 0) is 92.3 Å². The Balaban J connectivity index is 1.39. The first-order valence-corrected chi connectivity index (χ1v) is 12.9. The maximum Gasteiger partial charge on any atom is 0.0724 e. The molecule has 0 bridgehead atoms. The molecular formula is C27H46O. The molecule has 4 aliphatic rings. The molecule has 0 amide bonds. The molecule has 4 aliphatic carbocycles. The minimum atomic E-state index is -0.165. The van der Waals surface area contributed by atoms with Gasteiger partial charge in [0.05, 0.1) is 6.10 Å². The molecule has 0 aromatic carbocycles. The molecule has 0 radical (unpaired) electrons. The van der Waals surface area contributed by atoms with E-state index in [-0.39, 0.29) is 6.10 Å². The van der Waals surface area contributed by atoms with Gasteiger partial charge in [-0.25, -0.2) is 0 Å². The number of allylic oxidation sites excluding steroid dienone is 1. The smallest absolute Gasteiger partial charge is 0.0724 e. The van der Waals surface area contributed by atoms with Crippen LogP contribution in [0, 0.1) is 34.5 Å². The highest BCUT2D eigenvalue weighted by atomic mass is 16.3. The summed E-state index contributed by atoms with van der Waals surface area (Å²) in [7, 11) is 0. The van der Waals surface area contributed by atoms with Crippen LogP contribution < -0.4 is 0 Å². The Kier molecular flexibility index (Phi) is 6.32. The largest absolute Gasteiger partial charge is 0.389 e. The number of unbranched alkanes of at least 4 members (excludes halogenated alkanes) is 5. The van der Waals surface area contributed by atoms with Crippen LogP contribution in [0.25, 0.3) is 0 Å². The summed E-state index contributed by atoms with van der Waals surface area (Å²) in [6.45, 7) is 7.57. The van der Waals surface area contributed by atoms with Crippen molar-refractivity contribution in [2.24, 2.45) is 34.5 Å². The molecule has 0 saturated heterocycles. The van der Waals surface area contributed by atoms with Gasteiger partial charge < -0.3 is 5.11 Å². The third-order valence-corrected chi connectivity index (χ3v) is 10.2. The quantitative estimate of drug-likeness (QED) is 0.351. The van der Waals surface area contributed by atoms with Crippen LogP contribution in [0.3, 0.4) is 0 Å². The monoisotopic (exact) mass is 386 g/mol. The highest BCUT2D eigenvalue weighted by Crippen LogP contribution is 2.67. The number of aliphatic hydroxyl groups excluding tert-OH is 1. The van der Waals surface area contributed by atoms with Crippen molar-refractivity contribution < 1.29 is 5.11 Å². The van der Waals surface area contributed by atoms with Crippen LogP contribution in [0.15, 0.2) is 11.6 Å². The lowest BCUT2D eigenvalue weighted by atomic mass is 9.46. The van der Waals surface area contributed by atoms with Crippen LogP contribution in [0.1, 0.15) is 117 Å². The van der Waals surface area contributed by atoms with Gasteiger partial charge in [-0.1, -0.05) is 70.9 Å². The molecule has 1 N–H and O–H groups in total. The van der Waals surface area contributed by atoms with Crippen molar-refractivity contribution in [1.29, 1.82) is 0 Å². The van der Waals surface area contributed by atoms with Crippen molar-refractivity contribution in [3.63, 3.8) is 0 Å². The van der Waals surface area contributed by atoms with Crippen molar-refractivity contribution in [3.05, 3.63) is 11.6 Å². The number of rotatable bonds is 7. The fraction of sp³-hybridized carbons (Fsp3) is 0.926. The van der Waals surface area contributed by atoms with E-state index in [0.29, 0.717) is 10.8 Å². The van der Waals surface area contributed by atoms with E-state index in [1.165, 1.54) is 89.9 Å². The number of fused-ring (bicyclic) bond motifs is 5. The van der Waals surface area contributed by atoms with Crippen molar-refractivity contribution in [2.45, 2.75) is 123 Å². The SMILES string of the molecule is CCCCCCCC[C@H]1CC[C@H]2[C@@H]3CCC4=CC(O)CC[C@]4(C)[C@H]3CC[C@]12C. The zero-order valence-corrected chi connectivity index (χ0v) is 19.0. The van der Waals surface area contributed by atoms with Gasteiger partial charge in [-0.2, -0.15) is 0 Å². The number of hydrogen-bond acceptors (Lipinski definition) is 1. The van der Waals surface area contributed by atoms with E-state index in [0.717, 1.165) is 30.1 Å². The van der Waals surface area contributed by atoms with Gasteiger partial charge in [-0.3, -0.25) is 0 Å². The van der Waals surface area contributed by atoms with Gasteiger partial charge >= 0.3 is 0 Å². The summed E-state index contributed by atoms with van der Waals surface area (Å²) in [5, 5.41) is 10.2. The van der Waals surface area contributed by atoms with Crippen LogP contribution >= 0.6 is 0 Å². The number of aliphatic hydroxyl groups is 1. The van der Waals surface area contributed by atoms with Crippen molar-refractivity contribution >= 4 is 0 Å². The van der Waals surface area contributed by atoms with E-state index in [1.807, 2.05) is 0 Å². The Morgan fingerprint density at radius 2 is 1.68 bits per heavy atom. The second-order valence-corrected chi connectivity index (χ2v) is 11.5. The Hall–Kier alpha value is -0.300. The summed E-state index contributed by atoms with van der Waals surface area (Å²) in [6.07, 6.45) is 23.1. The Morgan fingerprint density at radius 3 is 2.50 bits per heavy atom. The minimum absolute atomic E-state index is 0.165. The Labute approximate surface area is 174 Å². The zero-order chi connectivity index (χ0) is 19.8. The van der Waals surface area contributed by atoms with E-state index < -0.39 is 0 Å². The third-order valence-electron chi connectivity index (χ3n) is 10.2. The Morgan fingerprint density at radius 1 is 0.893 bits per heavy atom. The minimum Gasteiger partial charge on any atom is -0.389 e. The van der Waals surface area contributed by atoms with Crippen LogP contribution in [0.5, 0.6) is 0 Å². The lowest BCUT2D eigenvalue weighted by Crippen LogP contribution is -2.50. The molecule has 28 heavy (non-hydrogen) atoms. The molecule has 1 unspecified atom stereocenters. The average molecular weight is 387 g/mol. The van der Waals surface area contributed by atoms with Gasteiger partial charge in [0.25, 0.3) is 0 Å². The zero-order valence-electron chi connectivity index (χ0n) is 19.0. The first-order valence-electron chi connectivity index (χ1n) is 12.9. The lowest BCUT2D eigenvalue weighted by molar-refractivity contribution is -0.0563. The lowest BCUT2D eigenvalue weighted by Gasteiger charge is -2.58. The molecule has 0 aromatic heterocycles. The molecule has 0 aromatic rings. The van der Waals surface area contributed by atoms with Gasteiger partial charge in [0.2, 0.25) is 0 Å². The average Bonchev–Trinajstić information content (AvgIpc) is 3.01. The maximum absolute atomic E-state index is 10.2. The standard InChI is InChI=1S/C27H46O/c1-4-5-6-7-8-9-10-20-12-14-24-23-13-11-21-19-22(28)15-17-27(21,3)25(23)16-18-26(20,24)2/h19-20,22-25,28H,4-18H2,1-3H3/t20-,22?,23-,24-,25-,26+,27-/m0/s1. The summed E-state index contributed by atoms with van der Waals surface area (Å²) in [4.78, 5) is 0. The molecule has 1 heteroatoms. The highest BCUT2D eigenvalue weighted by Gasteiger charge is 2.58. The fourth-order valence-corrected chi connectivity index (χ4v) is 8.46. The number of hydrogen-bond donors (Lipinski definition) is 1. The van der Waals surface area contributed by atoms with Gasteiger partial charge in [0.1, 0.15) is 0 Å². The Bertz CT molecular complexity index is 565. The molecular weight excluding hydrogens is 340 g/mol. The second-order valence-electron chi connectivity index (χ2n) is 11.5. The summed E-state index contributed by atoms with van der Waals surface area (Å²) >= 11 is 0. The maximum atomic E-state index is 10.2. The molecule has 4 rings (SSSR count). The summed E-state index contributed by atoms with van der Waals surface area (Å²) in [5.74, 6) is 3.85. The van der Waals surface area contributed by atoms with Gasteiger partial charge in [0.15, 0.2) is 0 Å². The predicted molar refractivity (Wildman–Crippen MR) is 119 cm³/mol. The normalized spacial score (nSPS) is 45.1. The van der Waals surface area contributed by atoms with Crippen molar-refractivity contribution in [1.82, 2.24) is 0 Å². The highest BCUT2D eigenvalue weighted by molar-refractivity contribution is 5.25.